The van der Waals surface area contributed by atoms with Gasteiger partial charge in [0.25, 0.3) is 0 Å². The van der Waals surface area contributed by atoms with Crippen molar-refractivity contribution >= 4 is 11.5 Å². The highest BCUT2D eigenvalue weighted by Crippen LogP contribution is 2.30. The van der Waals surface area contributed by atoms with Crippen LogP contribution in [0.5, 0.6) is 5.75 Å². The highest BCUT2D eigenvalue weighted by Gasteiger charge is 2.25. The zero-order chi connectivity index (χ0) is 17.9. The first-order valence-corrected chi connectivity index (χ1v) is 9.75. The fourth-order valence-corrected chi connectivity index (χ4v) is 4.14. The molecule has 0 spiro atoms. The average Bonchev–Trinajstić information content (AvgIpc) is 2.68. The first kappa shape index (κ1) is 17.1. The van der Waals surface area contributed by atoms with Crippen LogP contribution in [0.25, 0.3) is 0 Å². The number of nitrogens with one attached hydrogen (secondary N) is 1. The summed E-state index contributed by atoms with van der Waals surface area (Å²) in [6, 6.07) is 8.69. The van der Waals surface area contributed by atoms with E-state index < -0.39 is 0 Å². The molecule has 0 atom stereocenters. The van der Waals surface area contributed by atoms with Crippen LogP contribution in [0.2, 0.25) is 0 Å². The van der Waals surface area contributed by atoms with Crippen molar-refractivity contribution in [2.75, 3.05) is 30.4 Å². The van der Waals surface area contributed by atoms with Crippen molar-refractivity contribution in [2.45, 2.75) is 51.5 Å². The standard InChI is InChI=1S/C21H28N4O/c1-15-22-20-9-4-3-8-19(20)21(23-15)25-12-10-16(11-13-25)24-17-6-5-7-18(14-17)26-2/h5-7,14,16,24H,3-4,8-13H2,1-2H3. The summed E-state index contributed by atoms with van der Waals surface area (Å²) in [5, 5.41) is 3.66. The molecule has 1 aliphatic carbocycles. The van der Waals surface area contributed by atoms with Crippen molar-refractivity contribution in [3.63, 3.8) is 0 Å². The van der Waals surface area contributed by atoms with Gasteiger partial charge in [-0.3, -0.25) is 0 Å². The highest BCUT2D eigenvalue weighted by molar-refractivity contribution is 5.52. The second-order valence-corrected chi connectivity index (χ2v) is 7.36. The predicted octanol–water partition coefficient (Wildman–Crippen LogP) is 3.75. The number of ether oxygens (including phenoxy) is 1. The Bertz CT molecular complexity index is 769. The molecule has 0 radical (unpaired) electrons. The first-order chi connectivity index (χ1) is 12.7. The molecular formula is C21H28N4O. The van der Waals surface area contributed by atoms with Crippen LogP contribution in [0.15, 0.2) is 24.3 Å². The van der Waals surface area contributed by atoms with Crippen LogP contribution in [0.1, 0.15) is 42.8 Å². The minimum atomic E-state index is 0.497. The zero-order valence-corrected chi connectivity index (χ0v) is 15.8. The Morgan fingerprint density at radius 2 is 1.92 bits per heavy atom. The van der Waals surface area contributed by atoms with E-state index >= 15 is 0 Å². The number of piperidine rings is 1. The van der Waals surface area contributed by atoms with Gasteiger partial charge in [0.15, 0.2) is 0 Å². The van der Waals surface area contributed by atoms with Crippen LogP contribution in [0, 0.1) is 6.92 Å². The minimum Gasteiger partial charge on any atom is -0.497 e. The van der Waals surface area contributed by atoms with Crippen molar-refractivity contribution < 1.29 is 4.74 Å². The normalized spacial score (nSPS) is 17.7. The van der Waals surface area contributed by atoms with E-state index in [1.165, 1.54) is 29.9 Å². The number of hydrogen-bond donors (Lipinski definition) is 1. The van der Waals surface area contributed by atoms with Crippen LogP contribution in [0.4, 0.5) is 11.5 Å². The van der Waals surface area contributed by atoms with E-state index in [-0.39, 0.29) is 0 Å². The zero-order valence-electron chi connectivity index (χ0n) is 15.8. The summed E-state index contributed by atoms with van der Waals surface area (Å²) < 4.78 is 5.32. The van der Waals surface area contributed by atoms with Gasteiger partial charge in [-0.05, 0) is 57.6 Å². The molecule has 1 aliphatic heterocycles. The van der Waals surface area contributed by atoms with Crippen molar-refractivity contribution in [1.82, 2.24) is 9.97 Å². The Kier molecular flexibility index (Phi) is 4.96. The second-order valence-electron chi connectivity index (χ2n) is 7.36. The number of nitrogens with zero attached hydrogens (tertiary/aromatic N) is 3. The third-order valence-corrected chi connectivity index (χ3v) is 5.51. The average molecular weight is 352 g/mol. The quantitative estimate of drug-likeness (QED) is 0.908. The number of aromatic nitrogens is 2. The van der Waals surface area contributed by atoms with Crippen LogP contribution in [-0.2, 0) is 12.8 Å². The van der Waals surface area contributed by atoms with Gasteiger partial charge in [-0.25, -0.2) is 9.97 Å². The molecule has 0 bridgehead atoms. The van der Waals surface area contributed by atoms with Gasteiger partial charge in [-0.15, -0.1) is 0 Å². The monoisotopic (exact) mass is 352 g/mol. The van der Waals surface area contributed by atoms with Crippen molar-refractivity contribution in [2.24, 2.45) is 0 Å². The Labute approximate surface area is 155 Å². The molecular weight excluding hydrogens is 324 g/mol. The van der Waals surface area contributed by atoms with Crippen LogP contribution >= 0.6 is 0 Å². The number of anilines is 2. The molecule has 5 nitrogen and oxygen atoms in total. The van der Waals surface area contributed by atoms with E-state index in [0.29, 0.717) is 6.04 Å². The summed E-state index contributed by atoms with van der Waals surface area (Å²) in [5.74, 6) is 3.01. The molecule has 0 saturated carbocycles. The fourth-order valence-electron chi connectivity index (χ4n) is 4.14. The van der Waals surface area contributed by atoms with Crippen molar-refractivity contribution in [1.29, 1.82) is 0 Å². The molecule has 26 heavy (non-hydrogen) atoms. The first-order valence-electron chi connectivity index (χ1n) is 9.75. The number of hydrogen-bond acceptors (Lipinski definition) is 5. The lowest BCUT2D eigenvalue weighted by Crippen LogP contribution is -2.40. The van der Waals surface area contributed by atoms with Gasteiger partial charge < -0.3 is 15.0 Å². The number of methoxy groups -OCH3 is 1. The molecule has 1 aromatic heterocycles. The lowest BCUT2D eigenvalue weighted by molar-refractivity contribution is 0.415. The topological polar surface area (TPSA) is 50.3 Å². The summed E-state index contributed by atoms with van der Waals surface area (Å²) in [7, 11) is 1.71. The molecule has 5 heteroatoms. The van der Waals surface area contributed by atoms with Gasteiger partial charge in [0.2, 0.25) is 0 Å². The summed E-state index contributed by atoms with van der Waals surface area (Å²) in [6.07, 6.45) is 7.01. The molecule has 2 aliphatic rings. The molecule has 1 aromatic carbocycles. The molecule has 2 aromatic rings. The number of benzene rings is 1. The highest BCUT2D eigenvalue weighted by atomic mass is 16.5. The van der Waals surface area contributed by atoms with Crippen LogP contribution in [-0.4, -0.2) is 36.2 Å². The number of fused-ring (bicyclic) bond motifs is 1. The SMILES string of the molecule is COc1cccc(NC2CCN(c3nc(C)nc4c3CCCC4)CC2)c1. The van der Waals surface area contributed by atoms with E-state index in [1.807, 2.05) is 19.1 Å². The van der Waals surface area contributed by atoms with Gasteiger partial charge in [0, 0.05) is 42.1 Å². The molecule has 2 heterocycles. The molecule has 4 rings (SSSR count). The van der Waals surface area contributed by atoms with E-state index in [2.05, 4.69) is 22.3 Å². The number of rotatable bonds is 4. The Morgan fingerprint density at radius 1 is 1.12 bits per heavy atom. The summed E-state index contributed by atoms with van der Waals surface area (Å²) in [5.41, 5.74) is 3.83. The van der Waals surface area contributed by atoms with E-state index in [1.54, 1.807) is 7.11 Å². The van der Waals surface area contributed by atoms with Gasteiger partial charge in [-0.2, -0.15) is 0 Å². The maximum absolute atomic E-state index is 5.32. The lowest BCUT2D eigenvalue weighted by atomic mass is 9.95. The van der Waals surface area contributed by atoms with Gasteiger partial charge in [0.1, 0.15) is 17.4 Å². The molecule has 1 saturated heterocycles. The third kappa shape index (κ3) is 3.62. The predicted molar refractivity (Wildman–Crippen MR) is 105 cm³/mol. The van der Waals surface area contributed by atoms with E-state index in [0.717, 1.165) is 56.0 Å². The van der Waals surface area contributed by atoms with Gasteiger partial charge >= 0.3 is 0 Å². The van der Waals surface area contributed by atoms with Crippen LogP contribution < -0.4 is 15.0 Å². The summed E-state index contributed by atoms with van der Waals surface area (Å²) >= 11 is 0. The molecule has 0 amide bonds. The summed E-state index contributed by atoms with van der Waals surface area (Å²) in [4.78, 5) is 12.0. The lowest BCUT2D eigenvalue weighted by Gasteiger charge is -2.35. The van der Waals surface area contributed by atoms with Gasteiger partial charge in [0.05, 0.1) is 7.11 Å². The number of aryl methyl sites for hydroxylation is 2. The van der Waals surface area contributed by atoms with E-state index in [4.69, 9.17) is 14.7 Å². The maximum Gasteiger partial charge on any atom is 0.135 e. The minimum absolute atomic E-state index is 0.497. The van der Waals surface area contributed by atoms with Crippen molar-refractivity contribution in [3.05, 3.63) is 41.3 Å². The molecule has 1 N–H and O–H groups in total. The third-order valence-electron chi connectivity index (χ3n) is 5.51. The maximum atomic E-state index is 5.32. The molecule has 1 fully saturated rings. The Balaban J connectivity index is 1.43. The molecule has 138 valence electrons. The van der Waals surface area contributed by atoms with Crippen molar-refractivity contribution in [3.8, 4) is 5.75 Å². The van der Waals surface area contributed by atoms with Crippen LogP contribution in [0.3, 0.4) is 0 Å². The Hall–Kier alpha value is -2.30. The van der Waals surface area contributed by atoms with E-state index in [9.17, 15) is 0 Å². The Morgan fingerprint density at radius 3 is 2.73 bits per heavy atom. The second kappa shape index (κ2) is 7.52. The smallest absolute Gasteiger partial charge is 0.135 e. The fraction of sp³-hybridized carbons (Fsp3) is 0.524. The molecule has 0 unspecified atom stereocenters. The largest absolute Gasteiger partial charge is 0.497 e. The summed E-state index contributed by atoms with van der Waals surface area (Å²) in [6.45, 7) is 4.12. The van der Waals surface area contributed by atoms with Gasteiger partial charge in [-0.1, -0.05) is 6.07 Å².